The second-order valence-electron chi connectivity index (χ2n) is 6.96. The lowest BCUT2D eigenvalue weighted by atomic mass is 10.1. The molecule has 0 spiro atoms. The molecule has 26 heavy (non-hydrogen) atoms. The number of aryl methyl sites for hydroxylation is 1. The number of aromatic nitrogens is 2. The van der Waals surface area contributed by atoms with E-state index >= 15 is 0 Å². The summed E-state index contributed by atoms with van der Waals surface area (Å²) < 4.78 is 8.16. The molecular weight excluding hydrogens is 322 g/mol. The van der Waals surface area contributed by atoms with Crippen molar-refractivity contribution >= 4 is 16.8 Å². The third kappa shape index (κ3) is 2.49. The SMILES string of the molecule is Cc1ccc(-n2nc(-c3cc4ccccc4o3)c3c2NCCCC3)cc1. The number of benzene rings is 2. The van der Waals surface area contributed by atoms with Crippen LogP contribution in [0.3, 0.4) is 0 Å². The Kier molecular flexibility index (Phi) is 3.56. The number of hydrogen-bond donors (Lipinski definition) is 1. The molecule has 0 saturated carbocycles. The highest BCUT2D eigenvalue weighted by Gasteiger charge is 2.23. The number of rotatable bonds is 2. The predicted octanol–water partition coefficient (Wildman–Crippen LogP) is 5.34. The van der Waals surface area contributed by atoms with Gasteiger partial charge in [-0.15, -0.1) is 0 Å². The number of hydrogen-bond acceptors (Lipinski definition) is 3. The Bertz CT molecular complexity index is 1040. The Morgan fingerprint density at radius 1 is 1.04 bits per heavy atom. The second kappa shape index (κ2) is 6.06. The molecule has 130 valence electrons. The van der Waals surface area contributed by atoms with Gasteiger partial charge in [-0.25, -0.2) is 4.68 Å². The molecule has 4 nitrogen and oxygen atoms in total. The molecule has 3 heterocycles. The van der Waals surface area contributed by atoms with Crippen LogP contribution in [0.25, 0.3) is 28.1 Å². The summed E-state index contributed by atoms with van der Waals surface area (Å²) in [6, 6.07) is 18.7. The van der Waals surface area contributed by atoms with Gasteiger partial charge < -0.3 is 9.73 Å². The van der Waals surface area contributed by atoms with Crippen molar-refractivity contribution in [2.24, 2.45) is 0 Å². The number of fused-ring (bicyclic) bond motifs is 2. The van der Waals surface area contributed by atoms with Gasteiger partial charge in [-0.3, -0.25) is 0 Å². The van der Waals surface area contributed by atoms with Gasteiger partial charge in [0.1, 0.15) is 17.1 Å². The van der Waals surface area contributed by atoms with E-state index in [0.29, 0.717) is 0 Å². The maximum absolute atomic E-state index is 6.13. The van der Waals surface area contributed by atoms with Crippen molar-refractivity contribution in [2.45, 2.75) is 26.2 Å². The molecule has 0 fully saturated rings. The lowest BCUT2D eigenvalue weighted by molar-refractivity contribution is 0.625. The zero-order valence-electron chi connectivity index (χ0n) is 14.8. The topological polar surface area (TPSA) is 43.0 Å². The lowest BCUT2D eigenvalue weighted by Gasteiger charge is -2.09. The first-order chi connectivity index (χ1) is 12.8. The summed E-state index contributed by atoms with van der Waals surface area (Å²) in [4.78, 5) is 0. The maximum Gasteiger partial charge on any atom is 0.156 e. The van der Waals surface area contributed by atoms with Crippen LogP contribution in [-0.4, -0.2) is 16.3 Å². The van der Waals surface area contributed by atoms with Crippen LogP contribution in [0.4, 0.5) is 5.82 Å². The molecule has 2 aromatic heterocycles. The van der Waals surface area contributed by atoms with Crippen molar-refractivity contribution in [3.8, 4) is 17.1 Å². The molecule has 0 radical (unpaired) electrons. The van der Waals surface area contributed by atoms with Gasteiger partial charge in [-0.05, 0) is 50.5 Å². The van der Waals surface area contributed by atoms with E-state index in [1.54, 1.807) is 0 Å². The summed E-state index contributed by atoms with van der Waals surface area (Å²) in [7, 11) is 0. The van der Waals surface area contributed by atoms with E-state index in [9.17, 15) is 0 Å². The van der Waals surface area contributed by atoms with E-state index in [1.807, 2.05) is 22.9 Å². The van der Waals surface area contributed by atoms with Gasteiger partial charge in [0.05, 0.1) is 5.69 Å². The van der Waals surface area contributed by atoms with Crippen LogP contribution in [0.5, 0.6) is 0 Å². The fourth-order valence-electron chi connectivity index (χ4n) is 3.67. The molecule has 5 rings (SSSR count). The molecule has 0 amide bonds. The van der Waals surface area contributed by atoms with Crippen LogP contribution in [0, 0.1) is 6.92 Å². The minimum absolute atomic E-state index is 0.844. The largest absolute Gasteiger partial charge is 0.454 e. The molecule has 1 N–H and O–H groups in total. The van der Waals surface area contributed by atoms with Crippen LogP contribution in [0.2, 0.25) is 0 Å². The minimum Gasteiger partial charge on any atom is -0.454 e. The van der Waals surface area contributed by atoms with E-state index in [4.69, 9.17) is 9.52 Å². The molecule has 0 unspecified atom stereocenters. The fraction of sp³-hybridized carbons (Fsp3) is 0.227. The maximum atomic E-state index is 6.13. The van der Waals surface area contributed by atoms with Crippen molar-refractivity contribution in [2.75, 3.05) is 11.9 Å². The van der Waals surface area contributed by atoms with E-state index in [2.05, 4.69) is 48.6 Å². The van der Waals surface area contributed by atoms with Gasteiger partial charge in [-0.1, -0.05) is 35.9 Å². The highest BCUT2D eigenvalue weighted by Crippen LogP contribution is 2.36. The Morgan fingerprint density at radius 2 is 1.88 bits per heavy atom. The highest BCUT2D eigenvalue weighted by atomic mass is 16.3. The standard InChI is InChI=1S/C22H21N3O/c1-15-9-11-17(12-10-15)25-22-18(7-4-5-13-23-22)21(24-25)20-14-16-6-2-3-8-19(16)26-20/h2-3,6,8-12,14,23H,4-5,7,13H2,1H3. The fourth-order valence-corrected chi connectivity index (χ4v) is 3.67. The van der Waals surface area contributed by atoms with Gasteiger partial charge >= 0.3 is 0 Å². The van der Waals surface area contributed by atoms with Crippen LogP contribution in [-0.2, 0) is 6.42 Å². The van der Waals surface area contributed by atoms with Crippen molar-refractivity contribution in [1.82, 2.24) is 9.78 Å². The number of nitrogens with one attached hydrogen (secondary N) is 1. The second-order valence-corrected chi connectivity index (χ2v) is 6.96. The average Bonchev–Trinajstić information content (AvgIpc) is 3.16. The normalized spacial score (nSPS) is 14.0. The first kappa shape index (κ1) is 15.3. The smallest absolute Gasteiger partial charge is 0.156 e. The lowest BCUT2D eigenvalue weighted by Crippen LogP contribution is -2.07. The highest BCUT2D eigenvalue weighted by molar-refractivity contribution is 5.83. The summed E-state index contributed by atoms with van der Waals surface area (Å²) in [6.45, 7) is 3.08. The number of anilines is 1. The summed E-state index contributed by atoms with van der Waals surface area (Å²) in [5.41, 5.74) is 5.43. The van der Waals surface area contributed by atoms with Crippen LogP contribution in [0.15, 0.2) is 59.0 Å². The van der Waals surface area contributed by atoms with Gasteiger partial charge in [0.25, 0.3) is 0 Å². The third-order valence-electron chi connectivity index (χ3n) is 5.07. The summed E-state index contributed by atoms with van der Waals surface area (Å²) in [5, 5.41) is 9.66. The molecule has 0 bridgehead atoms. The van der Waals surface area contributed by atoms with E-state index in [1.165, 1.54) is 17.5 Å². The summed E-state index contributed by atoms with van der Waals surface area (Å²) in [6.07, 6.45) is 3.34. The number of furan rings is 1. The van der Waals surface area contributed by atoms with Crippen molar-refractivity contribution in [3.63, 3.8) is 0 Å². The molecule has 4 aromatic rings. The van der Waals surface area contributed by atoms with E-state index < -0.39 is 0 Å². The van der Waals surface area contributed by atoms with Gasteiger partial charge in [0.15, 0.2) is 5.76 Å². The van der Waals surface area contributed by atoms with Crippen LogP contribution >= 0.6 is 0 Å². The van der Waals surface area contributed by atoms with Gasteiger partial charge in [0.2, 0.25) is 0 Å². The minimum atomic E-state index is 0.844. The molecule has 1 aliphatic rings. The van der Waals surface area contributed by atoms with E-state index in [-0.39, 0.29) is 0 Å². The van der Waals surface area contributed by atoms with Gasteiger partial charge in [-0.2, -0.15) is 5.10 Å². The summed E-state index contributed by atoms with van der Waals surface area (Å²) in [5.74, 6) is 1.94. The van der Waals surface area contributed by atoms with Crippen molar-refractivity contribution in [1.29, 1.82) is 0 Å². The van der Waals surface area contributed by atoms with E-state index in [0.717, 1.165) is 53.3 Å². The molecule has 0 saturated heterocycles. The Labute approximate surface area is 152 Å². The number of nitrogens with zero attached hydrogens (tertiary/aromatic N) is 2. The Balaban J connectivity index is 1.71. The first-order valence-electron chi connectivity index (χ1n) is 9.21. The summed E-state index contributed by atoms with van der Waals surface area (Å²) >= 11 is 0. The molecule has 0 aliphatic carbocycles. The molecule has 4 heteroatoms. The quantitative estimate of drug-likeness (QED) is 0.534. The molecule has 2 aromatic carbocycles. The molecular formula is C22H21N3O. The first-order valence-corrected chi connectivity index (χ1v) is 9.21. The predicted molar refractivity (Wildman–Crippen MR) is 105 cm³/mol. The van der Waals surface area contributed by atoms with Crippen LogP contribution in [0.1, 0.15) is 24.0 Å². The zero-order chi connectivity index (χ0) is 17.5. The van der Waals surface area contributed by atoms with Crippen molar-refractivity contribution < 1.29 is 4.42 Å². The molecule has 1 aliphatic heterocycles. The number of para-hydroxylation sites is 1. The third-order valence-corrected chi connectivity index (χ3v) is 5.07. The Hall–Kier alpha value is -3.01. The van der Waals surface area contributed by atoms with Gasteiger partial charge in [0, 0.05) is 17.5 Å². The zero-order valence-corrected chi connectivity index (χ0v) is 14.8. The molecule has 0 atom stereocenters. The Morgan fingerprint density at radius 3 is 2.73 bits per heavy atom. The monoisotopic (exact) mass is 343 g/mol. The van der Waals surface area contributed by atoms with Crippen LogP contribution < -0.4 is 5.32 Å². The average molecular weight is 343 g/mol. The van der Waals surface area contributed by atoms with Crippen molar-refractivity contribution in [3.05, 3.63) is 65.7 Å².